The van der Waals surface area contributed by atoms with Gasteiger partial charge < -0.3 is 10.2 Å². The Balaban J connectivity index is 1.43. The monoisotopic (exact) mass is 392 g/mol. The summed E-state index contributed by atoms with van der Waals surface area (Å²) in [5.41, 5.74) is 2.81. The SMILES string of the molecule is CCCCN1CCC(C(=O)Nc2cc3cc(-c4cnn(C)c4)cnc3cn2)CC1. The molecule has 1 amide bonds. The number of amides is 1. The first-order chi connectivity index (χ1) is 14.1. The van der Waals surface area contributed by atoms with Crippen LogP contribution in [-0.4, -0.2) is 50.2 Å². The molecule has 0 aromatic carbocycles. The number of hydrogen-bond acceptors (Lipinski definition) is 5. The van der Waals surface area contributed by atoms with Crippen molar-refractivity contribution < 1.29 is 4.79 Å². The zero-order valence-corrected chi connectivity index (χ0v) is 17.1. The third-order valence-electron chi connectivity index (χ3n) is 5.64. The lowest BCUT2D eigenvalue weighted by Gasteiger charge is -2.31. The second-order valence-corrected chi connectivity index (χ2v) is 7.85. The van der Waals surface area contributed by atoms with E-state index in [1.807, 2.05) is 31.7 Å². The second-order valence-electron chi connectivity index (χ2n) is 7.85. The smallest absolute Gasteiger partial charge is 0.228 e. The van der Waals surface area contributed by atoms with Crippen molar-refractivity contribution in [1.82, 2.24) is 24.6 Å². The summed E-state index contributed by atoms with van der Waals surface area (Å²) in [6, 6.07) is 3.96. The van der Waals surface area contributed by atoms with Crippen molar-refractivity contribution >= 4 is 22.6 Å². The molecule has 7 nitrogen and oxygen atoms in total. The van der Waals surface area contributed by atoms with Gasteiger partial charge in [0.1, 0.15) is 5.82 Å². The van der Waals surface area contributed by atoms with Crippen LogP contribution in [0.5, 0.6) is 0 Å². The molecule has 0 atom stereocenters. The van der Waals surface area contributed by atoms with Crippen molar-refractivity contribution in [2.45, 2.75) is 32.6 Å². The minimum absolute atomic E-state index is 0.0604. The number of carbonyl (C=O) groups is 1. The van der Waals surface area contributed by atoms with Crippen molar-refractivity contribution in [2.24, 2.45) is 13.0 Å². The number of nitrogens with one attached hydrogen (secondary N) is 1. The number of aromatic nitrogens is 4. The number of carbonyl (C=O) groups excluding carboxylic acids is 1. The first kappa shape index (κ1) is 19.5. The van der Waals surface area contributed by atoms with Crippen LogP contribution in [0.15, 0.2) is 36.9 Å². The Hall–Kier alpha value is -2.80. The number of nitrogens with zero attached hydrogens (tertiary/aromatic N) is 5. The number of likely N-dealkylation sites (tertiary alicyclic amines) is 1. The molecule has 1 N–H and O–H groups in total. The average Bonchev–Trinajstić information content (AvgIpc) is 3.18. The quantitative estimate of drug-likeness (QED) is 0.695. The summed E-state index contributed by atoms with van der Waals surface area (Å²) in [5.74, 6) is 0.717. The topological polar surface area (TPSA) is 75.9 Å². The molecule has 1 aliphatic rings. The Morgan fingerprint density at radius 3 is 2.69 bits per heavy atom. The van der Waals surface area contributed by atoms with Crippen LogP contribution in [0.3, 0.4) is 0 Å². The molecule has 1 aliphatic heterocycles. The molecule has 3 aromatic rings. The number of unbranched alkanes of at least 4 members (excludes halogenated alkanes) is 1. The maximum absolute atomic E-state index is 12.7. The van der Waals surface area contributed by atoms with Crippen LogP contribution in [0.2, 0.25) is 0 Å². The summed E-state index contributed by atoms with van der Waals surface area (Å²) >= 11 is 0. The molecule has 0 radical (unpaired) electrons. The van der Waals surface area contributed by atoms with E-state index >= 15 is 0 Å². The van der Waals surface area contributed by atoms with E-state index in [9.17, 15) is 4.79 Å². The highest BCUT2D eigenvalue weighted by atomic mass is 16.1. The molecule has 1 saturated heterocycles. The summed E-state index contributed by atoms with van der Waals surface area (Å²) in [5, 5.41) is 8.18. The molecule has 152 valence electrons. The molecule has 4 heterocycles. The molecule has 0 bridgehead atoms. The van der Waals surface area contributed by atoms with Gasteiger partial charge >= 0.3 is 0 Å². The molecule has 0 aliphatic carbocycles. The summed E-state index contributed by atoms with van der Waals surface area (Å²) in [6.07, 6.45) is 11.6. The largest absolute Gasteiger partial charge is 0.310 e. The van der Waals surface area contributed by atoms with Gasteiger partial charge in [-0.25, -0.2) is 4.98 Å². The standard InChI is InChI=1S/C22H28N6O/c1-3-4-7-28-8-5-16(6-9-28)22(29)26-21-11-17-10-18(12-23-20(17)14-24-21)19-13-25-27(2)15-19/h10-16H,3-9H2,1-2H3,(H,24,26,29). The van der Waals surface area contributed by atoms with Gasteiger partial charge in [-0.1, -0.05) is 13.3 Å². The Morgan fingerprint density at radius 2 is 1.97 bits per heavy atom. The van der Waals surface area contributed by atoms with Gasteiger partial charge in [-0.05, 0) is 51.0 Å². The number of pyridine rings is 2. The van der Waals surface area contributed by atoms with Crippen LogP contribution in [0, 0.1) is 5.92 Å². The van der Waals surface area contributed by atoms with Crippen LogP contribution < -0.4 is 5.32 Å². The van der Waals surface area contributed by atoms with Gasteiger partial charge in [0.2, 0.25) is 5.91 Å². The first-order valence-corrected chi connectivity index (χ1v) is 10.4. The Kier molecular flexibility index (Phi) is 5.85. The van der Waals surface area contributed by atoms with Crippen molar-refractivity contribution in [1.29, 1.82) is 0 Å². The Morgan fingerprint density at radius 1 is 1.14 bits per heavy atom. The third kappa shape index (κ3) is 4.62. The molecular weight excluding hydrogens is 364 g/mol. The van der Waals surface area contributed by atoms with Gasteiger partial charge in [0, 0.05) is 41.9 Å². The number of fused-ring (bicyclic) bond motifs is 1. The normalized spacial score (nSPS) is 15.7. The van der Waals surface area contributed by atoms with Crippen LogP contribution in [0.4, 0.5) is 5.82 Å². The van der Waals surface area contributed by atoms with Crippen molar-refractivity contribution in [3.63, 3.8) is 0 Å². The van der Waals surface area contributed by atoms with Gasteiger partial charge in [-0.2, -0.15) is 5.10 Å². The van der Waals surface area contributed by atoms with Gasteiger partial charge in [-0.15, -0.1) is 0 Å². The highest BCUT2D eigenvalue weighted by Crippen LogP contribution is 2.24. The lowest BCUT2D eigenvalue weighted by Crippen LogP contribution is -2.38. The van der Waals surface area contributed by atoms with E-state index in [1.165, 1.54) is 12.8 Å². The predicted octanol–water partition coefficient (Wildman–Crippen LogP) is 3.48. The van der Waals surface area contributed by atoms with Gasteiger partial charge in [0.05, 0.1) is 17.9 Å². The number of hydrogen-bond donors (Lipinski definition) is 1. The van der Waals surface area contributed by atoms with Crippen molar-refractivity contribution in [3.8, 4) is 11.1 Å². The Labute approximate surface area is 171 Å². The number of anilines is 1. The second kappa shape index (κ2) is 8.69. The maximum atomic E-state index is 12.7. The van der Waals surface area contributed by atoms with Crippen molar-refractivity contribution in [3.05, 3.63) is 36.9 Å². The van der Waals surface area contributed by atoms with Gasteiger partial charge in [0.15, 0.2) is 0 Å². The van der Waals surface area contributed by atoms with E-state index in [0.29, 0.717) is 5.82 Å². The van der Waals surface area contributed by atoms with Crippen LogP contribution in [0.1, 0.15) is 32.6 Å². The highest BCUT2D eigenvalue weighted by molar-refractivity contribution is 5.94. The maximum Gasteiger partial charge on any atom is 0.228 e. The molecule has 0 unspecified atom stereocenters. The van der Waals surface area contributed by atoms with E-state index in [1.54, 1.807) is 10.9 Å². The lowest BCUT2D eigenvalue weighted by molar-refractivity contribution is -0.121. The molecule has 1 fully saturated rings. The number of piperidine rings is 1. The van der Waals surface area contributed by atoms with Crippen LogP contribution in [0.25, 0.3) is 22.0 Å². The van der Waals surface area contributed by atoms with Crippen LogP contribution in [-0.2, 0) is 11.8 Å². The predicted molar refractivity (Wildman–Crippen MR) is 114 cm³/mol. The summed E-state index contributed by atoms with van der Waals surface area (Å²) in [6.45, 7) is 5.36. The zero-order chi connectivity index (χ0) is 20.2. The molecule has 29 heavy (non-hydrogen) atoms. The van der Waals surface area contributed by atoms with Crippen LogP contribution >= 0.6 is 0 Å². The highest BCUT2D eigenvalue weighted by Gasteiger charge is 2.25. The van der Waals surface area contributed by atoms with E-state index in [2.05, 4.69) is 38.3 Å². The minimum Gasteiger partial charge on any atom is -0.310 e. The Bertz CT molecular complexity index is 990. The number of aryl methyl sites for hydroxylation is 1. The molecule has 3 aromatic heterocycles. The fourth-order valence-electron chi connectivity index (χ4n) is 3.86. The summed E-state index contributed by atoms with van der Waals surface area (Å²) in [7, 11) is 1.89. The molecule has 0 saturated carbocycles. The molecule has 4 rings (SSSR count). The van der Waals surface area contributed by atoms with E-state index in [0.717, 1.165) is 54.5 Å². The van der Waals surface area contributed by atoms with Gasteiger partial charge in [0.25, 0.3) is 0 Å². The third-order valence-corrected chi connectivity index (χ3v) is 5.64. The minimum atomic E-state index is 0.0604. The first-order valence-electron chi connectivity index (χ1n) is 10.4. The molecule has 7 heteroatoms. The summed E-state index contributed by atoms with van der Waals surface area (Å²) < 4.78 is 1.77. The summed E-state index contributed by atoms with van der Waals surface area (Å²) in [4.78, 5) is 24.1. The average molecular weight is 393 g/mol. The van der Waals surface area contributed by atoms with Crippen molar-refractivity contribution in [2.75, 3.05) is 25.0 Å². The molecular formula is C22H28N6O. The van der Waals surface area contributed by atoms with E-state index < -0.39 is 0 Å². The number of rotatable bonds is 6. The lowest BCUT2D eigenvalue weighted by atomic mass is 9.95. The van der Waals surface area contributed by atoms with Gasteiger partial charge in [-0.3, -0.25) is 14.5 Å². The zero-order valence-electron chi connectivity index (χ0n) is 17.1. The van der Waals surface area contributed by atoms with E-state index in [-0.39, 0.29) is 11.8 Å². The fourth-order valence-corrected chi connectivity index (χ4v) is 3.86. The molecule has 0 spiro atoms. The fraction of sp³-hybridized carbons (Fsp3) is 0.455. The van der Waals surface area contributed by atoms with E-state index in [4.69, 9.17) is 0 Å².